The molecule has 1 aliphatic heterocycles. The number of hydrogen-bond acceptors (Lipinski definition) is 5. The number of likely N-dealkylation sites (tertiary alicyclic amines) is 1. The number of imidazole rings is 1. The van der Waals surface area contributed by atoms with E-state index in [1.807, 2.05) is 6.20 Å². The minimum atomic E-state index is -3.90. The van der Waals surface area contributed by atoms with E-state index in [1.165, 1.54) is 6.07 Å². The molecule has 1 saturated heterocycles. The molecule has 1 fully saturated rings. The zero-order valence-electron chi connectivity index (χ0n) is 14.3. The number of primary sulfonamides is 1. The molecule has 0 radical (unpaired) electrons. The summed E-state index contributed by atoms with van der Waals surface area (Å²) in [6.45, 7) is 5.34. The smallest absolute Gasteiger partial charge is 0.265 e. The van der Waals surface area contributed by atoms with Crippen molar-refractivity contribution in [1.82, 2.24) is 14.5 Å². The first-order valence-corrected chi connectivity index (χ1v) is 10.6. The molecule has 2 aromatic heterocycles. The van der Waals surface area contributed by atoms with Crippen LogP contribution in [-0.4, -0.2) is 41.9 Å². The van der Waals surface area contributed by atoms with Crippen molar-refractivity contribution < 1.29 is 13.2 Å². The van der Waals surface area contributed by atoms with E-state index in [-0.39, 0.29) is 21.6 Å². The molecular formula is C16H22N4O3S2. The first-order valence-electron chi connectivity index (χ1n) is 8.21. The lowest BCUT2D eigenvalue weighted by atomic mass is 9.96. The Labute approximate surface area is 151 Å². The zero-order chi connectivity index (χ0) is 18.2. The summed E-state index contributed by atoms with van der Waals surface area (Å²) in [6, 6.07) is 1.69. The maximum atomic E-state index is 12.9. The lowest BCUT2D eigenvalue weighted by Crippen LogP contribution is -2.40. The Morgan fingerprint density at radius 1 is 1.44 bits per heavy atom. The Hall–Kier alpha value is -1.71. The van der Waals surface area contributed by atoms with Crippen molar-refractivity contribution in [2.24, 2.45) is 5.14 Å². The van der Waals surface area contributed by atoms with Crippen LogP contribution in [0.4, 0.5) is 0 Å². The van der Waals surface area contributed by atoms with Gasteiger partial charge >= 0.3 is 0 Å². The van der Waals surface area contributed by atoms with E-state index in [2.05, 4.69) is 23.4 Å². The van der Waals surface area contributed by atoms with Crippen molar-refractivity contribution in [2.75, 3.05) is 13.1 Å². The third kappa shape index (κ3) is 3.63. The molecule has 1 aliphatic rings. The highest BCUT2D eigenvalue weighted by Crippen LogP contribution is 2.30. The van der Waals surface area contributed by atoms with Crippen LogP contribution in [-0.2, 0) is 10.0 Å². The molecule has 0 spiro atoms. The number of amides is 1. The van der Waals surface area contributed by atoms with Crippen LogP contribution in [0.5, 0.6) is 0 Å². The number of aromatic nitrogens is 2. The number of nitrogens with two attached hydrogens (primary N) is 1. The van der Waals surface area contributed by atoms with Gasteiger partial charge in [-0.1, -0.05) is 0 Å². The highest BCUT2D eigenvalue weighted by Gasteiger charge is 2.31. The average molecular weight is 383 g/mol. The quantitative estimate of drug-likeness (QED) is 0.876. The maximum absolute atomic E-state index is 12.9. The number of sulfonamides is 1. The van der Waals surface area contributed by atoms with Gasteiger partial charge in [-0.15, -0.1) is 11.3 Å². The summed E-state index contributed by atoms with van der Waals surface area (Å²) in [4.78, 5) is 19.2. The number of hydrogen-bond donors (Lipinski definition) is 1. The van der Waals surface area contributed by atoms with Gasteiger partial charge in [0.1, 0.15) is 15.6 Å². The molecule has 3 rings (SSSR count). The van der Waals surface area contributed by atoms with Crippen molar-refractivity contribution in [3.05, 3.63) is 34.5 Å². The Morgan fingerprint density at radius 2 is 2.20 bits per heavy atom. The van der Waals surface area contributed by atoms with Crippen LogP contribution < -0.4 is 5.14 Å². The zero-order valence-corrected chi connectivity index (χ0v) is 15.9. The van der Waals surface area contributed by atoms with Gasteiger partial charge in [0.2, 0.25) is 10.0 Å². The molecule has 7 nitrogen and oxygen atoms in total. The van der Waals surface area contributed by atoms with Gasteiger partial charge in [-0.05, 0) is 38.1 Å². The van der Waals surface area contributed by atoms with Crippen molar-refractivity contribution in [2.45, 2.75) is 43.5 Å². The molecule has 0 aliphatic carbocycles. The molecule has 0 saturated carbocycles. The number of carbonyl (C=O) groups excluding carboxylic acids is 1. The molecule has 1 atom stereocenters. The van der Waals surface area contributed by atoms with Crippen LogP contribution in [0.1, 0.15) is 54.1 Å². The number of rotatable bonds is 4. The minimum Gasteiger partial charge on any atom is -0.337 e. The van der Waals surface area contributed by atoms with E-state index in [1.54, 1.807) is 16.5 Å². The van der Waals surface area contributed by atoms with E-state index in [0.717, 1.165) is 30.0 Å². The van der Waals surface area contributed by atoms with Crippen LogP contribution >= 0.6 is 11.3 Å². The predicted molar refractivity (Wildman–Crippen MR) is 96.2 cm³/mol. The van der Waals surface area contributed by atoms with E-state index in [0.29, 0.717) is 19.1 Å². The van der Waals surface area contributed by atoms with Gasteiger partial charge in [0.15, 0.2) is 0 Å². The van der Waals surface area contributed by atoms with Crippen molar-refractivity contribution in [3.8, 4) is 0 Å². The largest absolute Gasteiger partial charge is 0.337 e. The predicted octanol–water partition coefficient (Wildman–Crippen LogP) is 2.19. The number of thiophene rings is 1. The van der Waals surface area contributed by atoms with Gasteiger partial charge < -0.3 is 9.47 Å². The van der Waals surface area contributed by atoms with Crippen molar-refractivity contribution in [1.29, 1.82) is 0 Å². The van der Waals surface area contributed by atoms with E-state index < -0.39 is 10.0 Å². The van der Waals surface area contributed by atoms with Gasteiger partial charge in [-0.2, -0.15) is 0 Å². The Kier molecular flexibility index (Phi) is 4.99. The molecule has 0 aromatic carbocycles. The summed E-state index contributed by atoms with van der Waals surface area (Å²) in [5.41, 5.74) is 0. The SMILES string of the molecule is CC(C)n1ccnc1C1CCCN(C(=O)c2sccc2S(N)(=O)=O)C1. The lowest BCUT2D eigenvalue weighted by Gasteiger charge is -2.33. The van der Waals surface area contributed by atoms with Crippen molar-refractivity contribution in [3.63, 3.8) is 0 Å². The molecular weight excluding hydrogens is 360 g/mol. The van der Waals surface area contributed by atoms with Crippen LogP contribution in [0.3, 0.4) is 0 Å². The maximum Gasteiger partial charge on any atom is 0.265 e. The average Bonchev–Trinajstić information content (AvgIpc) is 3.23. The fourth-order valence-electron chi connectivity index (χ4n) is 3.27. The lowest BCUT2D eigenvalue weighted by molar-refractivity contribution is 0.0704. The Bertz CT molecular complexity index is 870. The standard InChI is InChI=1S/C16H22N4O3S2/c1-11(2)20-8-6-18-15(20)12-4-3-7-19(10-12)16(21)14-13(5-9-24-14)25(17,22)23/h5-6,8-9,11-12H,3-4,7,10H2,1-2H3,(H2,17,22,23). The van der Waals surface area contributed by atoms with Gasteiger partial charge in [0.05, 0.1) is 0 Å². The molecule has 0 bridgehead atoms. The van der Waals surface area contributed by atoms with Crippen LogP contribution in [0, 0.1) is 0 Å². The fraction of sp³-hybridized carbons (Fsp3) is 0.500. The second kappa shape index (κ2) is 6.89. The summed E-state index contributed by atoms with van der Waals surface area (Å²) in [5, 5.41) is 6.81. The molecule has 2 aromatic rings. The Morgan fingerprint density at radius 3 is 2.88 bits per heavy atom. The Balaban J connectivity index is 1.83. The van der Waals surface area contributed by atoms with E-state index in [4.69, 9.17) is 5.14 Å². The van der Waals surface area contributed by atoms with Gasteiger partial charge in [-0.3, -0.25) is 4.79 Å². The minimum absolute atomic E-state index is 0.0895. The number of piperidine rings is 1. The summed E-state index contributed by atoms with van der Waals surface area (Å²) < 4.78 is 25.5. The summed E-state index contributed by atoms with van der Waals surface area (Å²) >= 11 is 1.11. The van der Waals surface area contributed by atoms with Crippen LogP contribution in [0.2, 0.25) is 0 Å². The van der Waals surface area contributed by atoms with Gasteiger partial charge in [0.25, 0.3) is 5.91 Å². The molecule has 2 N–H and O–H groups in total. The normalized spacial score (nSPS) is 18.7. The second-order valence-corrected chi connectivity index (χ2v) is 8.98. The van der Waals surface area contributed by atoms with Crippen LogP contribution in [0.25, 0.3) is 0 Å². The first kappa shape index (κ1) is 18.1. The highest BCUT2D eigenvalue weighted by molar-refractivity contribution is 7.89. The molecule has 136 valence electrons. The molecule has 3 heterocycles. The molecule has 9 heteroatoms. The van der Waals surface area contributed by atoms with E-state index >= 15 is 0 Å². The summed E-state index contributed by atoms with van der Waals surface area (Å²) in [7, 11) is -3.90. The second-order valence-electron chi connectivity index (χ2n) is 6.54. The number of carbonyl (C=O) groups is 1. The third-order valence-corrected chi connectivity index (χ3v) is 6.44. The molecule has 25 heavy (non-hydrogen) atoms. The van der Waals surface area contributed by atoms with Crippen LogP contribution in [0.15, 0.2) is 28.7 Å². The summed E-state index contributed by atoms with van der Waals surface area (Å²) in [6.07, 6.45) is 5.56. The highest BCUT2D eigenvalue weighted by atomic mass is 32.2. The topological polar surface area (TPSA) is 98.3 Å². The first-order chi connectivity index (χ1) is 11.8. The summed E-state index contributed by atoms with van der Waals surface area (Å²) in [5.74, 6) is 0.852. The van der Waals surface area contributed by atoms with Gasteiger partial charge in [-0.25, -0.2) is 18.5 Å². The third-order valence-electron chi connectivity index (χ3n) is 4.46. The van der Waals surface area contributed by atoms with E-state index in [9.17, 15) is 13.2 Å². The van der Waals surface area contributed by atoms with Gasteiger partial charge in [0, 0.05) is 37.4 Å². The fourth-order valence-corrected chi connectivity index (χ4v) is 5.21. The number of nitrogens with zero attached hydrogens (tertiary/aromatic N) is 3. The van der Waals surface area contributed by atoms with Crippen molar-refractivity contribution >= 4 is 27.3 Å². The molecule has 1 unspecified atom stereocenters. The molecule has 1 amide bonds. The monoisotopic (exact) mass is 382 g/mol.